The van der Waals surface area contributed by atoms with Crippen LogP contribution in [-0.4, -0.2) is 0 Å². The molecule has 1 radical (unpaired) electrons. The van der Waals surface area contributed by atoms with E-state index in [1.807, 2.05) is 5.92 Å². The van der Waals surface area contributed by atoms with Gasteiger partial charge in [0.05, 0.1) is 0 Å². The van der Waals surface area contributed by atoms with Crippen LogP contribution < -0.4 is 0 Å². The van der Waals surface area contributed by atoms with Crippen molar-refractivity contribution in [3.05, 3.63) is 5.92 Å². The lowest BCUT2D eigenvalue weighted by molar-refractivity contribution is 0.115. The van der Waals surface area contributed by atoms with Crippen molar-refractivity contribution >= 4 is 0 Å². The van der Waals surface area contributed by atoms with Crippen LogP contribution >= 0.6 is 0 Å². The van der Waals surface area contributed by atoms with Crippen molar-refractivity contribution in [1.82, 2.24) is 0 Å². The molecule has 0 amide bonds. The Bertz CT molecular complexity index is 149. The Morgan fingerprint density at radius 3 is 2.09 bits per heavy atom. The third-order valence-electron chi connectivity index (χ3n) is 4.11. The van der Waals surface area contributed by atoms with Gasteiger partial charge < -0.3 is 0 Å². The molecule has 4 saturated carbocycles. The smallest absolute Gasteiger partial charge is 0.0207 e. The summed E-state index contributed by atoms with van der Waals surface area (Å²) in [5.41, 5.74) is 0. The summed E-state index contributed by atoms with van der Waals surface area (Å²) in [7, 11) is 0. The van der Waals surface area contributed by atoms with Crippen molar-refractivity contribution in [2.24, 2.45) is 17.8 Å². The first-order valence-electron chi connectivity index (χ1n) is 5.28. The van der Waals surface area contributed by atoms with Crippen LogP contribution in [0.4, 0.5) is 0 Å². The van der Waals surface area contributed by atoms with E-state index in [1.54, 1.807) is 32.1 Å². The zero-order chi connectivity index (χ0) is 7.26. The second-order valence-electron chi connectivity index (χ2n) is 4.78. The monoisotopic (exact) mass is 149 g/mol. The molecule has 2 bridgehead atoms. The van der Waals surface area contributed by atoms with E-state index >= 15 is 0 Å². The van der Waals surface area contributed by atoms with E-state index in [0.29, 0.717) is 0 Å². The van der Waals surface area contributed by atoms with Crippen molar-refractivity contribution in [2.75, 3.05) is 0 Å². The van der Waals surface area contributed by atoms with Gasteiger partial charge in [-0.3, -0.25) is 0 Å². The Morgan fingerprint density at radius 1 is 0.909 bits per heavy atom. The van der Waals surface area contributed by atoms with Crippen LogP contribution in [-0.2, 0) is 0 Å². The third kappa shape index (κ3) is 1.02. The van der Waals surface area contributed by atoms with Gasteiger partial charge in [-0.2, -0.15) is 0 Å². The minimum absolute atomic E-state index is 1.11. The topological polar surface area (TPSA) is 0 Å². The van der Waals surface area contributed by atoms with Crippen molar-refractivity contribution < 1.29 is 0 Å². The second-order valence-corrected chi connectivity index (χ2v) is 4.78. The van der Waals surface area contributed by atoms with Gasteiger partial charge in [0.1, 0.15) is 0 Å². The highest BCUT2D eigenvalue weighted by atomic mass is 14.5. The second kappa shape index (κ2) is 2.24. The van der Waals surface area contributed by atoms with E-state index in [1.165, 1.54) is 12.8 Å². The van der Waals surface area contributed by atoms with Crippen LogP contribution in [0, 0.1) is 23.7 Å². The van der Waals surface area contributed by atoms with Gasteiger partial charge in [-0.15, -0.1) is 0 Å². The molecule has 0 aromatic heterocycles. The van der Waals surface area contributed by atoms with Gasteiger partial charge >= 0.3 is 0 Å². The molecule has 0 saturated heterocycles. The fraction of sp³-hybridized carbons (Fsp3) is 0.909. The molecule has 0 aromatic carbocycles. The van der Waals surface area contributed by atoms with Gasteiger partial charge in [0, 0.05) is 0 Å². The average molecular weight is 149 g/mol. The molecule has 0 nitrogen and oxygen atoms in total. The summed E-state index contributed by atoms with van der Waals surface area (Å²) >= 11 is 0. The quantitative estimate of drug-likeness (QED) is 0.537. The predicted octanol–water partition coefficient (Wildman–Crippen LogP) is 3.18. The highest BCUT2D eigenvalue weighted by molar-refractivity contribution is 5.13. The molecule has 0 spiro atoms. The highest BCUT2D eigenvalue weighted by Gasteiger charge is 2.43. The molecule has 61 valence electrons. The molecular weight excluding hydrogens is 132 g/mol. The SMILES string of the molecule is C1C[C]1C1CC2CCC1CC2. The van der Waals surface area contributed by atoms with E-state index in [4.69, 9.17) is 0 Å². The number of hydrogen-bond acceptors (Lipinski definition) is 0. The van der Waals surface area contributed by atoms with E-state index in [-0.39, 0.29) is 0 Å². The molecule has 0 heterocycles. The molecule has 4 aliphatic carbocycles. The van der Waals surface area contributed by atoms with Crippen LogP contribution in [0.5, 0.6) is 0 Å². The van der Waals surface area contributed by atoms with Gasteiger partial charge in [-0.25, -0.2) is 0 Å². The molecule has 4 fully saturated rings. The number of hydrogen-bond donors (Lipinski definition) is 0. The molecule has 4 rings (SSSR count). The lowest BCUT2D eigenvalue weighted by atomic mass is 9.63. The van der Waals surface area contributed by atoms with Gasteiger partial charge in [0.15, 0.2) is 0 Å². The Balaban J connectivity index is 1.75. The molecule has 0 heteroatoms. The van der Waals surface area contributed by atoms with Crippen LogP contribution in [0.15, 0.2) is 0 Å². The largest absolute Gasteiger partial charge is 0.0502 e. The van der Waals surface area contributed by atoms with Crippen LogP contribution in [0.2, 0.25) is 0 Å². The van der Waals surface area contributed by atoms with Crippen molar-refractivity contribution in [3.8, 4) is 0 Å². The highest BCUT2D eigenvalue weighted by Crippen LogP contribution is 2.55. The van der Waals surface area contributed by atoms with Gasteiger partial charge in [0.25, 0.3) is 0 Å². The maximum absolute atomic E-state index is 1.94. The molecule has 0 N–H and O–H groups in total. The van der Waals surface area contributed by atoms with E-state index in [0.717, 1.165) is 17.8 Å². The summed E-state index contributed by atoms with van der Waals surface area (Å²) in [6.07, 6.45) is 10.8. The summed E-state index contributed by atoms with van der Waals surface area (Å²) < 4.78 is 0. The first-order chi connectivity index (χ1) is 5.43. The Hall–Kier alpha value is 0. The predicted molar refractivity (Wildman–Crippen MR) is 46.0 cm³/mol. The van der Waals surface area contributed by atoms with Gasteiger partial charge in [-0.05, 0) is 55.8 Å². The normalized spacial score (nSPS) is 49.6. The lowest BCUT2D eigenvalue weighted by Crippen LogP contribution is -2.31. The zero-order valence-corrected chi connectivity index (χ0v) is 7.18. The van der Waals surface area contributed by atoms with Crippen LogP contribution in [0.3, 0.4) is 0 Å². The average Bonchev–Trinajstić information content (AvgIpc) is 2.89. The summed E-state index contributed by atoms with van der Waals surface area (Å²) in [6, 6.07) is 0. The molecule has 1 unspecified atom stereocenters. The van der Waals surface area contributed by atoms with E-state index in [9.17, 15) is 0 Å². The molecule has 1 atom stereocenters. The first kappa shape index (κ1) is 6.51. The van der Waals surface area contributed by atoms with Crippen molar-refractivity contribution in [3.63, 3.8) is 0 Å². The minimum Gasteiger partial charge on any atom is -0.0502 e. The van der Waals surface area contributed by atoms with E-state index < -0.39 is 0 Å². The summed E-state index contributed by atoms with van der Waals surface area (Å²) in [5.74, 6) is 5.33. The molecule has 0 aromatic rings. The van der Waals surface area contributed by atoms with Crippen LogP contribution in [0.25, 0.3) is 0 Å². The maximum atomic E-state index is 1.94. The third-order valence-corrected chi connectivity index (χ3v) is 4.11. The van der Waals surface area contributed by atoms with Crippen molar-refractivity contribution in [1.29, 1.82) is 0 Å². The molecule has 11 heavy (non-hydrogen) atoms. The summed E-state index contributed by atoms with van der Waals surface area (Å²) in [5, 5.41) is 0. The van der Waals surface area contributed by atoms with Crippen LogP contribution in [0.1, 0.15) is 44.9 Å². The van der Waals surface area contributed by atoms with Gasteiger partial charge in [0.2, 0.25) is 0 Å². The molecule has 0 aliphatic heterocycles. The Labute approximate surface area is 69.4 Å². The first-order valence-corrected chi connectivity index (χ1v) is 5.28. The number of fused-ring (bicyclic) bond motifs is 3. The summed E-state index contributed by atoms with van der Waals surface area (Å²) in [4.78, 5) is 0. The summed E-state index contributed by atoms with van der Waals surface area (Å²) in [6.45, 7) is 0. The fourth-order valence-electron chi connectivity index (χ4n) is 3.32. The number of rotatable bonds is 1. The Morgan fingerprint density at radius 2 is 1.64 bits per heavy atom. The standard InChI is InChI=1S/C11H17/c1-3-9-4-2-8(1)7-11(9)10-5-6-10/h8-9,11H,1-7H2. The lowest BCUT2D eigenvalue weighted by Gasteiger charge is -2.42. The maximum Gasteiger partial charge on any atom is -0.0207 e. The van der Waals surface area contributed by atoms with Crippen molar-refractivity contribution in [2.45, 2.75) is 44.9 Å². The van der Waals surface area contributed by atoms with Gasteiger partial charge in [-0.1, -0.05) is 12.8 Å². The molecular formula is C11H17. The zero-order valence-electron chi connectivity index (χ0n) is 7.18. The van der Waals surface area contributed by atoms with E-state index in [2.05, 4.69) is 0 Å². The fourth-order valence-corrected chi connectivity index (χ4v) is 3.32. The molecule has 4 aliphatic rings. The minimum atomic E-state index is 1.11. The Kier molecular flexibility index (Phi) is 1.33.